The minimum atomic E-state index is 0.413. The van der Waals surface area contributed by atoms with Gasteiger partial charge in [-0.1, -0.05) is 30.1 Å². The van der Waals surface area contributed by atoms with Gasteiger partial charge in [-0.05, 0) is 31.5 Å². The number of likely N-dealkylation sites (tertiary alicyclic amines) is 1. The van der Waals surface area contributed by atoms with Gasteiger partial charge in [0.25, 0.3) is 0 Å². The fraction of sp³-hybridized carbons (Fsp3) is 0.583. The van der Waals surface area contributed by atoms with Crippen molar-refractivity contribution < 1.29 is 0 Å². The van der Waals surface area contributed by atoms with Crippen molar-refractivity contribution in [1.29, 1.82) is 0 Å². The van der Waals surface area contributed by atoms with E-state index in [1.54, 1.807) is 6.07 Å². The second kappa shape index (κ2) is 6.61. The average molecular weight is 304 g/mol. The summed E-state index contributed by atoms with van der Waals surface area (Å²) in [4.78, 5) is 6.71. The highest BCUT2D eigenvalue weighted by molar-refractivity contribution is 6.37. The Kier molecular flexibility index (Phi) is 5.10. The van der Waals surface area contributed by atoms with Crippen LogP contribution in [0.25, 0.3) is 0 Å². The topological polar surface area (TPSA) is 66.2 Å². The van der Waals surface area contributed by atoms with Gasteiger partial charge in [-0.2, -0.15) is 0 Å². The van der Waals surface area contributed by atoms with Gasteiger partial charge < -0.3 is 15.6 Å². The maximum atomic E-state index is 6.11. The predicted octanol–water partition coefficient (Wildman–Crippen LogP) is 2.43. The number of pyridine rings is 1. The summed E-state index contributed by atoms with van der Waals surface area (Å²) in [6, 6.07) is 1.64. The van der Waals surface area contributed by atoms with Gasteiger partial charge in [0, 0.05) is 13.1 Å². The lowest BCUT2D eigenvalue weighted by Gasteiger charge is -2.15. The molecule has 2 heterocycles. The molecule has 19 heavy (non-hydrogen) atoms. The average Bonchev–Trinajstić information content (AvgIpc) is 2.86. The Morgan fingerprint density at radius 2 is 2.16 bits per heavy atom. The maximum Gasteiger partial charge on any atom is 0.161 e. The smallest absolute Gasteiger partial charge is 0.161 e. The number of nitrogens with one attached hydrogen (secondary N) is 2. The SMILES string of the molecule is CCN1CCC(CNc2nc(NN)c(Cl)cc2Cl)C1. The Balaban J connectivity index is 1.96. The molecule has 2 rings (SSSR count). The Hall–Kier alpha value is -0.750. The lowest BCUT2D eigenvalue weighted by molar-refractivity contribution is 0.345. The van der Waals surface area contributed by atoms with Gasteiger partial charge in [0.05, 0.1) is 10.0 Å². The molecule has 0 bridgehead atoms. The molecule has 1 saturated heterocycles. The largest absolute Gasteiger partial charge is 0.368 e. The van der Waals surface area contributed by atoms with E-state index in [2.05, 4.69) is 27.6 Å². The molecule has 5 nitrogen and oxygen atoms in total. The van der Waals surface area contributed by atoms with Crippen LogP contribution in [0.1, 0.15) is 13.3 Å². The van der Waals surface area contributed by atoms with E-state index >= 15 is 0 Å². The van der Waals surface area contributed by atoms with Crippen LogP contribution >= 0.6 is 23.2 Å². The Bertz CT molecular complexity index is 440. The van der Waals surface area contributed by atoms with Crippen molar-refractivity contribution in [2.75, 3.05) is 36.9 Å². The van der Waals surface area contributed by atoms with Crippen LogP contribution < -0.4 is 16.6 Å². The third-order valence-corrected chi connectivity index (χ3v) is 4.02. The number of halogens is 2. The normalized spacial score (nSPS) is 19.7. The van der Waals surface area contributed by atoms with E-state index in [9.17, 15) is 0 Å². The van der Waals surface area contributed by atoms with E-state index in [0.29, 0.717) is 27.6 Å². The summed E-state index contributed by atoms with van der Waals surface area (Å²) in [5, 5.41) is 4.20. The van der Waals surface area contributed by atoms with Crippen LogP contribution in [0, 0.1) is 5.92 Å². The van der Waals surface area contributed by atoms with E-state index in [1.807, 2.05) is 0 Å². The van der Waals surface area contributed by atoms with Gasteiger partial charge in [0.2, 0.25) is 0 Å². The quantitative estimate of drug-likeness (QED) is 0.576. The molecule has 0 amide bonds. The molecule has 106 valence electrons. The standard InChI is InChI=1S/C12H19Cl2N5/c1-2-19-4-3-8(7-19)6-16-11-9(13)5-10(14)12(17-11)18-15/h5,8H,2-4,6-7,15H2,1H3,(H2,16,17,18). The van der Waals surface area contributed by atoms with Gasteiger partial charge in [-0.25, -0.2) is 10.8 Å². The summed E-state index contributed by atoms with van der Waals surface area (Å²) in [5.74, 6) is 7.02. The van der Waals surface area contributed by atoms with Gasteiger partial charge in [0.1, 0.15) is 5.82 Å². The van der Waals surface area contributed by atoms with Crippen molar-refractivity contribution in [2.24, 2.45) is 11.8 Å². The summed E-state index contributed by atoms with van der Waals surface area (Å²) < 4.78 is 0. The summed E-state index contributed by atoms with van der Waals surface area (Å²) >= 11 is 12.1. The van der Waals surface area contributed by atoms with Crippen molar-refractivity contribution in [3.63, 3.8) is 0 Å². The van der Waals surface area contributed by atoms with Gasteiger partial charge in [-0.15, -0.1) is 0 Å². The number of hydrazine groups is 1. The molecule has 1 aromatic rings. The Labute approximate surface area is 123 Å². The monoisotopic (exact) mass is 303 g/mol. The molecule has 0 spiro atoms. The molecule has 0 saturated carbocycles. The summed E-state index contributed by atoms with van der Waals surface area (Å²) in [7, 11) is 0. The number of hydrogen-bond donors (Lipinski definition) is 3. The van der Waals surface area contributed by atoms with Crippen molar-refractivity contribution in [2.45, 2.75) is 13.3 Å². The fourth-order valence-corrected chi connectivity index (χ4v) is 2.78. The molecular formula is C12H19Cl2N5. The first kappa shape index (κ1) is 14.7. The third-order valence-electron chi connectivity index (χ3n) is 3.44. The van der Waals surface area contributed by atoms with Crippen LogP contribution in [0.4, 0.5) is 11.6 Å². The van der Waals surface area contributed by atoms with Crippen LogP contribution in [0.2, 0.25) is 10.0 Å². The maximum absolute atomic E-state index is 6.11. The minimum absolute atomic E-state index is 0.413. The highest BCUT2D eigenvalue weighted by atomic mass is 35.5. The van der Waals surface area contributed by atoms with E-state index in [1.165, 1.54) is 13.0 Å². The number of nitrogen functional groups attached to an aromatic ring is 1. The number of hydrogen-bond acceptors (Lipinski definition) is 5. The molecule has 1 atom stereocenters. The molecule has 1 aliphatic heterocycles. The molecule has 0 aliphatic carbocycles. The lowest BCUT2D eigenvalue weighted by Crippen LogP contribution is -2.22. The number of aromatic nitrogens is 1. The second-order valence-corrected chi connectivity index (χ2v) is 5.54. The number of rotatable bonds is 5. The first-order valence-corrected chi connectivity index (χ1v) is 7.18. The molecular weight excluding hydrogens is 285 g/mol. The molecule has 0 radical (unpaired) electrons. The van der Waals surface area contributed by atoms with Crippen LogP contribution in [0.3, 0.4) is 0 Å². The fourth-order valence-electron chi connectivity index (χ4n) is 2.30. The molecule has 1 aromatic heterocycles. The van der Waals surface area contributed by atoms with E-state index in [4.69, 9.17) is 29.0 Å². The van der Waals surface area contributed by atoms with Crippen LogP contribution in [0.5, 0.6) is 0 Å². The summed E-state index contributed by atoms with van der Waals surface area (Å²) in [5.41, 5.74) is 2.46. The summed E-state index contributed by atoms with van der Waals surface area (Å²) in [6.07, 6.45) is 1.20. The third kappa shape index (κ3) is 3.63. The van der Waals surface area contributed by atoms with Gasteiger partial charge in [-0.3, -0.25) is 0 Å². The molecule has 1 unspecified atom stereocenters. The van der Waals surface area contributed by atoms with Crippen molar-refractivity contribution in [3.05, 3.63) is 16.1 Å². The highest BCUT2D eigenvalue weighted by Crippen LogP contribution is 2.29. The van der Waals surface area contributed by atoms with E-state index < -0.39 is 0 Å². The van der Waals surface area contributed by atoms with Gasteiger partial charge >= 0.3 is 0 Å². The minimum Gasteiger partial charge on any atom is -0.368 e. The number of nitrogens with zero attached hydrogens (tertiary/aromatic N) is 2. The predicted molar refractivity (Wildman–Crippen MR) is 80.8 cm³/mol. The molecule has 0 aromatic carbocycles. The van der Waals surface area contributed by atoms with Gasteiger partial charge in [0.15, 0.2) is 5.82 Å². The number of nitrogens with two attached hydrogens (primary N) is 1. The van der Waals surface area contributed by atoms with E-state index in [0.717, 1.165) is 19.6 Å². The number of anilines is 2. The second-order valence-electron chi connectivity index (χ2n) is 4.72. The zero-order valence-electron chi connectivity index (χ0n) is 10.9. The molecule has 1 aliphatic rings. The van der Waals surface area contributed by atoms with Crippen molar-refractivity contribution in [1.82, 2.24) is 9.88 Å². The van der Waals surface area contributed by atoms with E-state index in [-0.39, 0.29) is 0 Å². The molecule has 1 fully saturated rings. The van der Waals surface area contributed by atoms with Crippen molar-refractivity contribution >= 4 is 34.8 Å². The Morgan fingerprint density at radius 3 is 2.79 bits per heavy atom. The molecule has 4 N–H and O–H groups in total. The zero-order valence-corrected chi connectivity index (χ0v) is 12.4. The van der Waals surface area contributed by atoms with Crippen LogP contribution in [-0.4, -0.2) is 36.1 Å². The van der Waals surface area contributed by atoms with Crippen molar-refractivity contribution in [3.8, 4) is 0 Å². The first-order valence-electron chi connectivity index (χ1n) is 6.43. The molecule has 7 heteroatoms. The lowest BCUT2D eigenvalue weighted by atomic mass is 10.1. The van der Waals surface area contributed by atoms with Crippen LogP contribution in [0.15, 0.2) is 6.07 Å². The summed E-state index contributed by atoms with van der Waals surface area (Å²) in [6.45, 7) is 6.44. The highest BCUT2D eigenvalue weighted by Gasteiger charge is 2.21. The Morgan fingerprint density at radius 1 is 1.42 bits per heavy atom. The first-order chi connectivity index (χ1) is 9.13. The zero-order chi connectivity index (χ0) is 13.8. The van der Waals surface area contributed by atoms with Crippen LogP contribution in [-0.2, 0) is 0 Å².